The summed E-state index contributed by atoms with van der Waals surface area (Å²) >= 11 is 0. The number of nitrogens with zero attached hydrogens (tertiary/aromatic N) is 1. The van der Waals surface area contributed by atoms with Crippen molar-refractivity contribution in [3.63, 3.8) is 0 Å². The zero-order chi connectivity index (χ0) is 9.80. The molecule has 0 aliphatic heterocycles. The van der Waals surface area contributed by atoms with E-state index in [1.54, 1.807) is 0 Å². The molecule has 1 aliphatic carbocycles. The maximum atomic E-state index is 2.51. The van der Waals surface area contributed by atoms with E-state index in [0.29, 0.717) is 6.04 Å². The van der Waals surface area contributed by atoms with E-state index in [2.05, 4.69) is 54.3 Å². The molecule has 0 heterocycles. The van der Waals surface area contributed by atoms with Crippen molar-refractivity contribution < 1.29 is 20.3 Å². The van der Waals surface area contributed by atoms with Crippen LogP contribution in [0.25, 0.3) is 0 Å². The molecule has 15 heavy (non-hydrogen) atoms. The first-order valence-electron chi connectivity index (χ1n) is 5.35. The van der Waals surface area contributed by atoms with E-state index in [1.165, 1.54) is 12.0 Å². The first-order valence-corrected chi connectivity index (χ1v) is 5.35. The Morgan fingerprint density at radius 2 is 2.00 bits per heavy atom. The molecule has 1 aliphatic rings. The van der Waals surface area contributed by atoms with Crippen LogP contribution in [-0.4, -0.2) is 17.5 Å². The Morgan fingerprint density at radius 3 is 2.47 bits per heavy atom. The summed E-state index contributed by atoms with van der Waals surface area (Å²) in [5.41, 5.74) is 1.41. The Kier molecular flexibility index (Phi) is 5.18. The average molecular weight is 195 g/mol. The van der Waals surface area contributed by atoms with Gasteiger partial charge in [0.2, 0.25) is 0 Å². The Hall–Kier alpha value is -0.483. The predicted octanol–water partition coefficient (Wildman–Crippen LogP) is -0.0465. The monoisotopic (exact) mass is 195 g/mol. The molecule has 0 spiro atoms. The van der Waals surface area contributed by atoms with Crippen LogP contribution in [0, 0.1) is 0 Å². The number of hydrogen-bond acceptors (Lipinski definition) is 1. The van der Waals surface area contributed by atoms with Gasteiger partial charge in [0.1, 0.15) is 0 Å². The molecule has 0 bridgehead atoms. The van der Waals surface area contributed by atoms with E-state index in [0.717, 1.165) is 13.1 Å². The van der Waals surface area contributed by atoms with E-state index < -0.39 is 0 Å². The molecule has 0 amide bonds. The molecule has 0 saturated heterocycles. The third kappa shape index (κ3) is 3.24. The molecule has 0 aromatic heterocycles. The van der Waals surface area contributed by atoms with Crippen molar-refractivity contribution in [2.24, 2.45) is 0 Å². The first kappa shape index (κ1) is 12.6. The molecule has 0 N–H and O–H groups in total. The molecule has 76 valence electrons. The van der Waals surface area contributed by atoms with E-state index in [4.69, 9.17) is 0 Å². The van der Waals surface area contributed by atoms with Gasteiger partial charge in [-0.25, -0.2) is 0 Å². The molecule has 0 saturated carbocycles. The molecule has 1 aromatic carbocycles. The molecule has 2 heteroatoms. The van der Waals surface area contributed by atoms with Gasteiger partial charge >= 0.3 is 18.9 Å². The van der Waals surface area contributed by atoms with Crippen LogP contribution in [0.4, 0.5) is 0 Å². The van der Waals surface area contributed by atoms with Crippen LogP contribution in [0.3, 0.4) is 0 Å². The summed E-state index contributed by atoms with van der Waals surface area (Å²) in [6.07, 6.45) is 5.77. The van der Waals surface area contributed by atoms with Crippen molar-refractivity contribution in [1.29, 1.82) is 0 Å². The second-order valence-electron chi connectivity index (χ2n) is 3.78. The maximum absolute atomic E-state index is 2.51. The fourth-order valence-corrected chi connectivity index (χ4v) is 1.81. The summed E-state index contributed by atoms with van der Waals surface area (Å²) in [6, 6.07) is 11.4. The summed E-state index contributed by atoms with van der Waals surface area (Å²) in [6.45, 7) is 4.44. The summed E-state index contributed by atoms with van der Waals surface area (Å²) < 4.78 is 0. The van der Waals surface area contributed by atoms with Crippen LogP contribution in [0.15, 0.2) is 42.5 Å². The Morgan fingerprint density at radius 1 is 1.33 bits per heavy atom. The smallest absolute Gasteiger partial charge is 1.00 e. The number of likely N-dealkylation sites (N-methyl/N-ethyl adjacent to an activating group) is 1. The molecule has 1 nitrogen and oxygen atoms in total. The topological polar surface area (TPSA) is 3.24 Å². The average Bonchev–Trinajstić information content (AvgIpc) is 2.15. The van der Waals surface area contributed by atoms with E-state index in [9.17, 15) is 0 Å². The summed E-state index contributed by atoms with van der Waals surface area (Å²) in [4.78, 5) is 2.51. The van der Waals surface area contributed by atoms with Gasteiger partial charge in [-0.2, -0.15) is 0 Å². The Bertz CT molecular complexity index is 313. The van der Waals surface area contributed by atoms with Gasteiger partial charge < -0.3 is 1.43 Å². The molecule has 0 radical (unpaired) electrons. The van der Waals surface area contributed by atoms with Crippen molar-refractivity contribution >= 4 is 0 Å². The minimum absolute atomic E-state index is 0. The van der Waals surface area contributed by atoms with Crippen LogP contribution < -0.4 is 18.9 Å². The van der Waals surface area contributed by atoms with Crippen molar-refractivity contribution in [1.82, 2.24) is 4.90 Å². The van der Waals surface area contributed by atoms with Crippen LogP contribution >= 0.6 is 0 Å². The van der Waals surface area contributed by atoms with Crippen molar-refractivity contribution in [3.8, 4) is 0 Å². The SMILES string of the molecule is CCN(Cc1ccccc1)C1C=CC1.[H-].[Li+]. The number of benzene rings is 1. The van der Waals surface area contributed by atoms with Crippen molar-refractivity contribution in [2.75, 3.05) is 6.54 Å². The largest absolute Gasteiger partial charge is 1.00 e. The minimum atomic E-state index is 0. The Labute approximate surface area is 106 Å². The van der Waals surface area contributed by atoms with Crippen LogP contribution in [-0.2, 0) is 6.54 Å². The summed E-state index contributed by atoms with van der Waals surface area (Å²) in [5.74, 6) is 0. The Balaban J connectivity index is 0.00000112. The third-order valence-electron chi connectivity index (χ3n) is 2.84. The van der Waals surface area contributed by atoms with E-state index >= 15 is 0 Å². The molecule has 1 aromatic rings. The van der Waals surface area contributed by atoms with Gasteiger partial charge in [-0.15, -0.1) is 0 Å². The fourth-order valence-electron chi connectivity index (χ4n) is 1.81. The molecular weight excluding hydrogens is 177 g/mol. The van der Waals surface area contributed by atoms with Crippen LogP contribution in [0.1, 0.15) is 20.3 Å². The van der Waals surface area contributed by atoms with Crippen molar-refractivity contribution in [2.45, 2.75) is 25.9 Å². The molecule has 1 atom stereocenters. The van der Waals surface area contributed by atoms with Crippen LogP contribution in [0.5, 0.6) is 0 Å². The second kappa shape index (κ2) is 6.18. The molecular formula is C13H18LiN. The van der Waals surface area contributed by atoms with Gasteiger partial charge in [-0.3, -0.25) is 4.90 Å². The predicted molar refractivity (Wildman–Crippen MR) is 61.2 cm³/mol. The standard InChI is InChI=1S/C13H17N.Li.H/c1-2-14(13-9-6-10-13)11-12-7-4-3-5-8-12;;/h3-9,13H,2,10-11H2,1H3;;/q;+1;-1. The zero-order valence-electron chi connectivity index (χ0n) is 10.7. The van der Waals surface area contributed by atoms with E-state index in [1.807, 2.05) is 0 Å². The van der Waals surface area contributed by atoms with Crippen molar-refractivity contribution in [3.05, 3.63) is 48.0 Å². The van der Waals surface area contributed by atoms with Gasteiger partial charge in [0.05, 0.1) is 0 Å². The maximum Gasteiger partial charge on any atom is 1.00 e. The number of hydrogen-bond donors (Lipinski definition) is 0. The quantitative estimate of drug-likeness (QED) is 0.481. The van der Waals surface area contributed by atoms with Gasteiger partial charge in [-0.05, 0) is 18.5 Å². The summed E-state index contributed by atoms with van der Waals surface area (Å²) in [7, 11) is 0. The first-order chi connectivity index (χ1) is 6.90. The molecule has 2 rings (SSSR count). The van der Waals surface area contributed by atoms with Gasteiger partial charge in [0.15, 0.2) is 0 Å². The van der Waals surface area contributed by atoms with E-state index in [-0.39, 0.29) is 20.3 Å². The third-order valence-corrected chi connectivity index (χ3v) is 2.84. The molecule has 0 fully saturated rings. The normalized spacial score (nSPS) is 18.4. The van der Waals surface area contributed by atoms with Gasteiger partial charge in [-0.1, -0.05) is 49.4 Å². The fraction of sp³-hybridized carbons (Fsp3) is 0.385. The van der Waals surface area contributed by atoms with Gasteiger partial charge in [0, 0.05) is 12.6 Å². The second-order valence-corrected chi connectivity index (χ2v) is 3.78. The minimum Gasteiger partial charge on any atom is -1.00 e. The summed E-state index contributed by atoms with van der Waals surface area (Å²) in [5, 5.41) is 0. The van der Waals surface area contributed by atoms with Crippen LogP contribution in [0.2, 0.25) is 0 Å². The van der Waals surface area contributed by atoms with Gasteiger partial charge in [0.25, 0.3) is 0 Å². The molecule has 1 unspecified atom stereocenters. The number of rotatable bonds is 4. The zero-order valence-corrected chi connectivity index (χ0v) is 9.69.